The molecule has 0 saturated carbocycles. The molecule has 1 N–H and O–H groups in total. The van der Waals surface area contributed by atoms with Gasteiger partial charge in [-0.2, -0.15) is 4.68 Å². The minimum absolute atomic E-state index is 0.00768. The van der Waals surface area contributed by atoms with E-state index in [2.05, 4.69) is 20.3 Å². The maximum atomic E-state index is 12.2. The van der Waals surface area contributed by atoms with Crippen LogP contribution in [-0.2, 0) is 4.74 Å². The van der Waals surface area contributed by atoms with Crippen molar-refractivity contribution in [2.45, 2.75) is 52.2 Å². The van der Waals surface area contributed by atoms with Crippen molar-refractivity contribution < 1.29 is 19.0 Å². The summed E-state index contributed by atoms with van der Waals surface area (Å²) in [4.78, 5) is 23.4. The minimum Gasteiger partial charge on any atom is -0.490 e. The molecule has 1 fully saturated rings. The molecular weight excluding hydrogens is 448 g/mol. The fraction of sp³-hybridized carbons (Fsp3) is 0.440. The molecule has 1 aliphatic heterocycles. The summed E-state index contributed by atoms with van der Waals surface area (Å²) in [6, 6.07) is 9.42. The lowest BCUT2D eigenvalue weighted by molar-refractivity contribution is 0.0515. The van der Waals surface area contributed by atoms with Gasteiger partial charge in [0.05, 0.1) is 25.5 Å². The van der Waals surface area contributed by atoms with Crippen molar-refractivity contribution >= 4 is 23.5 Å². The smallest absolute Gasteiger partial charge is 0.435 e. The Morgan fingerprint density at radius 2 is 1.94 bits per heavy atom. The van der Waals surface area contributed by atoms with Crippen LogP contribution in [-0.4, -0.2) is 57.2 Å². The van der Waals surface area contributed by atoms with Gasteiger partial charge in [-0.15, -0.1) is 5.10 Å². The molecule has 3 heterocycles. The quantitative estimate of drug-likeness (QED) is 0.517. The summed E-state index contributed by atoms with van der Waals surface area (Å²) in [6.45, 7) is 9.52. The van der Waals surface area contributed by atoms with Crippen LogP contribution in [0.15, 0.2) is 48.9 Å². The van der Waals surface area contributed by atoms with E-state index in [1.54, 1.807) is 24.7 Å². The van der Waals surface area contributed by atoms with Crippen LogP contribution >= 0.6 is 0 Å². The Morgan fingerprint density at radius 3 is 2.71 bits per heavy atom. The number of nitrogens with zero attached hydrogens (tertiary/aromatic N) is 5. The second-order valence-electron chi connectivity index (χ2n) is 9.22. The molecule has 0 spiro atoms. The van der Waals surface area contributed by atoms with E-state index < -0.39 is 11.7 Å². The number of hydrogen-bond donors (Lipinski definition) is 1. The third kappa shape index (κ3) is 6.62. The van der Waals surface area contributed by atoms with Gasteiger partial charge >= 0.3 is 6.09 Å². The van der Waals surface area contributed by atoms with Gasteiger partial charge in [-0.05, 0) is 52.7 Å². The summed E-state index contributed by atoms with van der Waals surface area (Å²) in [7, 11) is 0. The molecular formula is C25H32N6O4. The highest BCUT2D eigenvalue weighted by Crippen LogP contribution is 2.30. The molecule has 0 aliphatic carbocycles. The summed E-state index contributed by atoms with van der Waals surface area (Å²) >= 11 is 0. The van der Waals surface area contributed by atoms with Crippen molar-refractivity contribution in [3.63, 3.8) is 0 Å². The average Bonchev–Trinajstić information content (AvgIpc) is 3.29. The zero-order valence-electron chi connectivity index (χ0n) is 20.6. The number of rotatable bonds is 7. The number of nitrogens with one attached hydrogen (secondary N) is 1. The Hall–Kier alpha value is -3.82. The molecule has 186 valence electrons. The van der Waals surface area contributed by atoms with E-state index >= 15 is 0 Å². The molecule has 0 bridgehead atoms. The van der Waals surface area contributed by atoms with Gasteiger partial charge < -0.3 is 24.4 Å². The molecule has 10 nitrogen and oxygen atoms in total. The zero-order chi connectivity index (χ0) is 24.8. The Kier molecular flexibility index (Phi) is 7.38. The predicted molar refractivity (Wildman–Crippen MR) is 133 cm³/mol. The molecule has 10 heteroatoms. The van der Waals surface area contributed by atoms with Gasteiger partial charge in [0.1, 0.15) is 17.5 Å². The minimum atomic E-state index is -0.600. The highest BCUT2D eigenvalue weighted by Gasteiger charge is 2.24. The van der Waals surface area contributed by atoms with Gasteiger partial charge in [0.25, 0.3) is 0 Å². The normalized spacial score (nSPS) is 16.0. The Balaban J connectivity index is 1.40. The molecule has 1 atom stereocenters. The number of aromatic nitrogens is 4. The van der Waals surface area contributed by atoms with Crippen LogP contribution < -0.4 is 19.7 Å². The highest BCUT2D eigenvalue weighted by molar-refractivity contribution is 5.70. The van der Waals surface area contributed by atoms with Gasteiger partial charge in [0.15, 0.2) is 23.1 Å². The SMILES string of the molecule is CCOc1ccccc1OC1CCCN(c2cncc(Nc3ccn(C(=O)OC(C)(C)C)n3)n2)C1. The number of para-hydroxylation sites is 2. The van der Waals surface area contributed by atoms with Crippen LogP contribution in [0.1, 0.15) is 40.5 Å². The van der Waals surface area contributed by atoms with E-state index in [9.17, 15) is 4.79 Å². The third-order valence-corrected chi connectivity index (χ3v) is 5.19. The van der Waals surface area contributed by atoms with Crippen LogP contribution in [0, 0.1) is 0 Å². The van der Waals surface area contributed by atoms with Crippen molar-refractivity contribution in [1.29, 1.82) is 0 Å². The summed E-state index contributed by atoms with van der Waals surface area (Å²) in [6.07, 6.45) is 6.28. The third-order valence-electron chi connectivity index (χ3n) is 5.19. The summed E-state index contributed by atoms with van der Waals surface area (Å²) in [5.41, 5.74) is -0.600. The number of hydrogen-bond acceptors (Lipinski definition) is 9. The van der Waals surface area contributed by atoms with Crippen LogP contribution in [0.4, 0.5) is 22.2 Å². The van der Waals surface area contributed by atoms with E-state index in [4.69, 9.17) is 19.2 Å². The number of ether oxygens (including phenoxy) is 3. The maximum absolute atomic E-state index is 12.2. The second-order valence-corrected chi connectivity index (χ2v) is 9.22. The molecule has 1 aliphatic rings. The first-order chi connectivity index (χ1) is 16.8. The van der Waals surface area contributed by atoms with Crippen molar-refractivity contribution in [2.24, 2.45) is 0 Å². The van der Waals surface area contributed by atoms with Crippen molar-refractivity contribution in [1.82, 2.24) is 19.7 Å². The van der Waals surface area contributed by atoms with E-state index in [1.807, 2.05) is 52.0 Å². The predicted octanol–water partition coefficient (Wildman–Crippen LogP) is 4.65. The molecule has 0 amide bonds. The van der Waals surface area contributed by atoms with Gasteiger partial charge in [-0.3, -0.25) is 4.98 Å². The topological polar surface area (TPSA) is 104 Å². The highest BCUT2D eigenvalue weighted by atomic mass is 16.6. The Morgan fingerprint density at radius 1 is 1.14 bits per heavy atom. The lowest BCUT2D eigenvalue weighted by Gasteiger charge is -2.33. The van der Waals surface area contributed by atoms with Crippen molar-refractivity contribution in [2.75, 3.05) is 29.9 Å². The Bertz CT molecular complexity index is 1140. The van der Waals surface area contributed by atoms with Crippen molar-refractivity contribution in [3.05, 3.63) is 48.9 Å². The molecule has 1 saturated heterocycles. The summed E-state index contributed by atoms with van der Waals surface area (Å²) in [5, 5.41) is 7.34. The molecule has 2 aromatic heterocycles. The van der Waals surface area contributed by atoms with E-state index in [0.29, 0.717) is 24.8 Å². The van der Waals surface area contributed by atoms with Gasteiger partial charge in [-0.25, -0.2) is 9.78 Å². The molecule has 0 radical (unpaired) electrons. The average molecular weight is 481 g/mol. The fourth-order valence-corrected chi connectivity index (χ4v) is 3.74. The first-order valence-electron chi connectivity index (χ1n) is 11.8. The van der Waals surface area contributed by atoms with E-state index in [0.717, 1.165) is 41.4 Å². The standard InChI is InChI=1S/C25H32N6O4/c1-5-33-19-10-6-7-11-20(19)34-18-9-8-13-30(17-18)23-16-26-15-22(28-23)27-21-12-14-31(29-21)24(32)35-25(2,3)4/h6-7,10-12,14-16,18H,5,8-9,13,17H2,1-4H3,(H,27,28,29). The van der Waals surface area contributed by atoms with Gasteiger partial charge in [0, 0.05) is 18.8 Å². The number of carbonyl (C=O) groups excluding carboxylic acids is 1. The molecule has 4 rings (SSSR count). The van der Waals surface area contributed by atoms with E-state index in [-0.39, 0.29) is 6.10 Å². The van der Waals surface area contributed by atoms with Gasteiger partial charge in [-0.1, -0.05) is 12.1 Å². The van der Waals surface area contributed by atoms with Crippen LogP contribution in [0.2, 0.25) is 0 Å². The Labute approximate surface area is 205 Å². The van der Waals surface area contributed by atoms with Gasteiger partial charge in [0.2, 0.25) is 0 Å². The molecule has 35 heavy (non-hydrogen) atoms. The number of benzene rings is 1. The number of piperidine rings is 1. The lowest BCUT2D eigenvalue weighted by Crippen LogP contribution is -2.41. The van der Waals surface area contributed by atoms with Crippen LogP contribution in [0.25, 0.3) is 0 Å². The lowest BCUT2D eigenvalue weighted by atomic mass is 10.1. The molecule has 3 aromatic rings. The fourth-order valence-electron chi connectivity index (χ4n) is 3.74. The van der Waals surface area contributed by atoms with Crippen LogP contribution in [0.5, 0.6) is 11.5 Å². The zero-order valence-corrected chi connectivity index (χ0v) is 20.6. The first-order valence-corrected chi connectivity index (χ1v) is 11.8. The summed E-state index contributed by atoms with van der Waals surface area (Å²) < 4.78 is 18.5. The second kappa shape index (κ2) is 10.6. The molecule has 1 unspecified atom stereocenters. The number of anilines is 3. The van der Waals surface area contributed by atoms with Crippen molar-refractivity contribution in [3.8, 4) is 11.5 Å². The largest absolute Gasteiger partial charge is 0.490 e. The summed E-state index contributed by atoms with van der Waals surface area (Å²) in [5.74, 6) is 3.25. The number of carbonyl (C=O) groups is 1. The maximum Gasteiger partial charge on any atom is 0.435 e. The monoisotopic (exact) mass is 480 g/mol. The first kappa shape index (κ1) is 24.3. The molecule has 1 aromatic carbocycles. The van der Waals surface area contributed by atoms with E-state index in [1.165, 1.54) is 0 Å². The van der Waals surface area contributed by atoms with Crippen LogP contribution in [0.3, 0.4) is 0 Å².